The molecule has 0 aromatic carbocycles. The third-order valence-electron chi connectivity index (χ3n) is 4.19. The smallest absolute Gasteiger partial charge is 0.324 e. The quantitative estimate of drug-likeness (QED) is 0.751. The van der Waals surface area contributed by atoms with E-state index in [1.54, 1.807) is 0 Å². The fraction of sp³-hybridized carbons (Fsp3) is 0.923. The number of carbonyl (C=O) groups is 1. The Hall–Kier alpha value is -0.890. The topological polar surface area (TPSA) is 44.4 Å². The minimum Gasteiger partial charge on any atom is -0.348 e. The Labute approximate surface area is 121 Å². The zero-order valence-corrected chi connectivity index (χ0v) is 11.8. The van der Waals surface area contributed by atoms with Crippen LogP contribution in [0.5, 0.6) is 0 Å². The maximum Gasteiger partial charge on any atom is 0.324 e. The molecule has 0 spiro atoms. The van der Waals surface area contributed by atoms with Gasteiger partial charge in [0.15, 0.2) is 0 Å². The van der Waals surface area contributed by atoms with Crippen LogP contribution in [0, 0.1) is 0 Å². The van der Waals surface area contributed by atoms with Crippen LogP contribution in [0.1, 0.15) is 25.7 Å². The van der Waals surface area contributed by atoms with Crippen molar-refractivity contribution in [1.29, 1.82) is 0 Å². The Bertz CT molecular complexity index is 361. The van der Waals surface area contributed by atoms with Crippen LogP contribution in [0.4, 0.5) is 17.6 Å². The Morgan fingerprint density at radius 2 is 1.95 bits per heavy atom. The summed E-state index contributed by atoms with van der Waals surface area (Å²) in [5.74, 6) is -4.74. The summed E-state index contributed by atoms with van der Waals surface area (Å²) in [4.78, 5) is 14.1. The second kappa shape index (κ2) is 6.91. The summed E-state index contributed by atoms with van der Waals surface area (Å²) < 4.78 is 49.9. The summed E-state index contributed by atoms with van der Waals surface area (Å²) in [5, 5.41) is 5.22. The average molecular weight is 311 g/mol. The van der Waals surface area contributed by atoms with Crippen LogP contribution in [-0.4, -0.2) is 61.4 Å². The van der Waals surface area contributed by atoms with Crippen LogP contribution in [-0.2, 0) is 4.79 Å². The maximum absolute atomic E-state index is 12.9. The Balaban J connectivity index is 1.88. The first-order valence-corrected chi connectivity index (χ1v) is 7.32. The van der Waals surface area contributed by atoms with E-state index in [1.807, 2.05) is 10.2 Å². The first-order valence-electron chi connectivity index (χ1n) is 7.32. The van der Waals surface area contributed by atoms with Gasteiger partial charge in [-0.05, 0) is 45.3 Å². The van der Waals surface area contributed by atoms with E-state index >= 15 is 0 Å². The molecule has 2 rings (SSSR count). The van der Waals surface area contributed by atoms with Crippen LogP contribution in [0.15, 0.2) is 0 Å². The number of hydrogen-bond donors (Lipinski definition) is 2. The van der Waals surface area contributed by atoms with Gasteiger partial charge in [-0.15, -0.1) is 0 Å². The fourth-order valence-electron chi connectivity index (χ4n) is 3.05. The van der Waals surface area contributed by atoms with Crippen molar-refractivity contribution < 1.29 is 22.4 Å². The first kappa shape index (κ1) is 16.5. The molecule has 1 amide bonds. The molecule has 2 aliphatic heterocycles. The molecule has 122 valence electrons. The van der Waals surface area contributed by atoms with Crippen molar-refractivity contribution in [3.8, 4) is 0 Å². The summed E-state index contributed by atoms with van der Waals surface area (Å²) in [7, 11) is 0. The number of rotatable bonds is 5. The van der Waals surface area contributed by atoms with E-state index < -0.39 is 30.8 Å². The molecule has 2 N–H and O–H groups in total. The molecule has 0 saturated carbocycles. The highest BCUT2D eigenvalue weighted by Crippen LogP contribution is 2.25. The highest BCUT2D eigenvalue weighted by Gasteiger charge is 2.42. The molecule has 0 bridgehead atoms. The third-order valence-corrected chi connectivity index (χ3v) is 4.19. The molecule has 2 fully saturated rings. The fourth-order valence-corrected chi connectivity index (χ4v) is 3.05. The highest BCUT2D eigenvalue weighted by molar-refractivity contribution is 5.82. The average Bonchev–Trinajstić information content (AvgIpc) is 2.95. The molecular weight excluding hydrogens is 290 g/mol. The number of nitrogens with one attached hydrogen (secondary N) is 2. The standard InChI is InChI=1S/C13H21F4N3O/c14-12(15)13(16,17)8-19-11(21)10-2-1-7-20(10)9-3-5-18-6-4-9/h9-10,12,18H,1-8H2,(H,19,21). The van der Waals surface area contributed by atoms with E-state index in [0.717, 1.165) is 38.9 Å². The van der Waals surface area contributed by atoms with E-state index in [-0.39, 0.29) is 6.04 Å². The van der Waals surface area contributed by atoms with Gasteiger partial charge in [0, 0.05) is 6.04 Å². The van der Waals surface area contributed by atoms with Crippen molar-refractivity contribution in [2.24, 2.45) is 0 Å². The van der Waals surface area contributed by atoms with Gasteiger partial charge in [0.05, 0.1) is 12.6 Å². The number of amides is 1. The lowest BCUT2D eigenvalue weighted by Crippen LogP contribution is -2.52. The van der Waals surface area contributed by atoms with E-state index in [0.29, 0.717) is 6.42 Å². The van der Waals surface area contributed by atoms with Gasteiger partial charge < -0.3 is 10.6 Å². The molecule has 0 aromatic rings. The SMILES string of the molecule is O=C(NCC(F)(F)C(F)F)C1CCCN1C1CCNCC1. The number of hydrogen-bond acceptors (Lipinski definition) is 3. The number of carbonyl (C=O) groups excluding carboxylic acids is 1. The summed E-state index contributed by atoms with van der Waals surface area (Å²) in [6.45, 7) is 1.20. The Morgan fingerprint density at radius 1 is 1.29 bits per heavy atom. The zero-order chi connectivity index (χ0) is 15.5. The largest absolute Gasteiger partial charge is 0.348 e. The van der Waals surface area contributed by atoms with Crippen molar-refractivity contribution in [2.45, 2.75) is 50.1 Å². The molecule has 1 unspecified atom stereocenters. The Morgan fingerprint density at radius 3 is 2.57 bits per heavy atom. The van der Waals surface area contributed by atoms with E-state index in [4.69, 9.17) is 0 Å². The van der Waals surface area contributed by atoms with Crippen LogP contribution in [0.2, 0.25) is 0 Å². The Kier molecular flexibility index (Phi) is 5.43. The first-order chi connectivity index (χ1) is 9.92. The van der Waals surface area contributed by atoms with Gasteiger partial charge in [-0.1, -0.05) is 0 Å². The molecule has 0 aromatic heterocycles. The van der Waals surface area contributed by atoms with E-state index in [1.165, 1.54) is 0 Å². The van der Waals surface area contributed by atoms with E-state index in [9.17, 15) is 22.4 Å². The van der Waals surface area contributed by atoms with Gasteiger partial charge in [0.25, 0.3) is 0 Å². The zero-order valence-electron chi connectivity index (χ0n) is 11.8. The van der Waals surface area contributed by atoms with Gasteiger partial charge in [0.2, 0.25) is 5.91 Å². The number of piperidine rings is 1. The maximum atomic E-state index is 12.9. The third kappa shape index (κ3) is 4.06. The molecule has 4 nitrogen and oxygen atoms in total. The van der Waals surface area contributed by atoms with Crippen molar-refractivity contribution >= 4 is 5.91 Å². The lowest BCUT2D eigenvalue weighted by Gasteiger charge is -2.35. The molecule has 2 aliphatic rings. The van der Waals surface area contributed by atoms with Crippen molar-refractivity contribution in [3.05, 3.63) is 0 Å². The summed E-state index contributed by atoms with van der Waals surface area (Å²) in [6, 6.07) is -0.207. The monoisotopic (exact) mass is 311 g/mol. The highest BCUT2D eigenvalue weighted by atomic mass is 19.3. The van der Waals surface area contributed by atoms with Crippen LogP contribution < -0.4 is 10.6 Å². The van der Waals surface area contributed by atoms with Crippen molar-refractivity contribution in [1.82, 2.24) is 15.5 Å². The predicted molar refractivity (Wildman–Crippen MR) is 69.6 cm³/mol. The normalized spacial score (nSPS) is 25.5. The van der Waals surface area contributed by atoms with Gasteiger partial charge in [0.1, 0.15) is 0 Å². The van der Waals surface area contributed by atoms with Crippen LogP contribution in [0.25, 0.3) is 0 Å². The molecule has 21 heavy (non-hydrogen) atoms. The number of nitrogens with zero attached hydrogens (tertiary/aromatic N) is 1. The van der Waals surface area contributed by atoms with Gasteiger partial charge in [-0.3, -0.25) is 9.69 Å². The second-order valence-electron chi connectivity index (χ2n) is 5.66. The van der Waals surface area contributed by atoms with Gasteiger partial charge in [-0.2, -0.15) is 8.78 Å². The molecule has 0 radical (unpaired) electrons. The van der Waals surface area contributed by atoms with Crippen molar-refractivity contribution in [3.63, 3.8) is 0 Å². The van der Waals surface area contributed by atoms with Gasteiger partial charge in [-0.25, -0.2) is 8.78 Å². The minimum atomic E-state index is -4.17. The summed E-state index contributed by atoms with van der Waals surface area (Å²) in [6.07, 6.45) is -0.515. The predicted octanol–water partition coefficient (Wildman–Crippen LogP) is 1.22. The second-order valence-corrected chi connectivity index (χ2v) is 5.66. The minimum absolute atomic E-state index is 0.264. The molecule has 1 atom stereocenters. The molecule has 2 heterocycles. The number of likely N-dealkylation sites (tertiary alicyclic amines) is 1. The molecule has 2 saturated heterocycles. The number of alkyl halides is 4. The lowest BCUT2D eigenvalue weighted by molar-refractivity contribution is -0.139. The van der Waals surface area contributed by atoms with Crippen LogP contribution >= 0.6 is 0 Å². The number of halogens is 4. The summed E-state index contributed by atoms with van der Waals surface area (Å²) in [5.41, 5.74) is 0. The molecule has 0 aliphatic carbocycles. The lowest BCUT2D eigenvalue weighted by atomic mass is 10.0. The molecule has 8 heteroatoms. The van der Waals surface area contributed by atoms with Crippen LogP contribution in [0.3, 0.4) is 0 Å². The molecular formula is C13H21F4N3O. The van der Waals surface area contributed by atoms with Gasteiger partial charge >= 0.3 is 12.3 Å². The van der Waals surface area contributed by atoms with Crippen molar-refractivity contribution in [2.75, 3.05) is 26.2 Å². The van der Waals surface area contributed by atoms with E-state index in [2.05, 4.69) is 5.32 Å². The summed E-state index contributed by atoms with van der Waals surface area (Å²) >= 11 is 0.